The van der Waals surface area contributed by atoms with Crippen molar-refractivity contribution < 1.29 is 14.3 Å². The van der Waals surface area contributed by atoms with Crippen molar-refractivity contribution in [3.8, 4) is 5.75 Å². The summed E-state index contributed by atoms with van der Waals surface area (Å²) in [5, 5.41) is 4.08. The van der Waals surface area contributed by atoms with Gasteiger partial charge in [0.05, 0.1) is 12.9 Å². The van der Waals surface area contributed by atoms with Gasteiger partial charge in [-0.3, -0.25) is 9.59 Å². The molecule has 1 N–H and O–H groups in total. The van der Waals surface area contributed by atoms with Gasteiger partial charge in [0.15, 0.2) is 0 Å². The van der Waals surface area contributed by atoms with E-state index in [0.29, 0.717) is 28.9 Å². The second-order valence-corrected chi connectivity index (χ2v) is 9.25. The molecule has 1 unspecified atom stereocenters. The first-order chi connectivity index (χ1) is 15.3. The molecule has 8 heteroatoms. The molecule has 0 bridgehead atoms. The topological polar surface area (TPSA) is 58.6 Å². The third kappa shape index (κ3) is 8.23. The van der Waals surface area contributed by atoms with Gasteiger partial charge in [0.1, 0.15) is 11.8 Å². The molecule has 2 aromatic rings. The highest BCUT2D eigenvalue weighted by molar-refractivity contribution is 7.99. The lowest BCUT2D eigenvalue weighted by atomic mass is 10.1. The smallest absolute Gasteiger partial charge is 0.242 e. The van der Waals surface area contributed by atoms with Crippen LogP contribution < -0.4 is 10.1 Å². The number of nitrogens with one attached hydrogen (secondary N) is 1. The van der Waals surface area contributed by atoms with Crippen LogP contribution >= 0.6 is 35.0 Å². The molecule has 2 aromatic carbocycles. The number of carbonyl (C=O) groups is 2. The quantitative estimate of drug-likeness (QED) is 0.390. The normalized spacial score (nSPS) is 11.7. The molecule has 0 heterocycles. The zero-order valence-corrected chi connectivity index (χ0v) is 21.0. The SMILES string of the molecule is CCCCNC(=O)C(C)N(Cc1ccc(OC)cc1)C(=O)CSCc1ccc(Cl)cc1Cl. The van der Waals surface area contributed by atoms with Crippen LogP contribution in [0, 0.1) is 0 Å². The van der Waals surface area contributed by atoms with E-state index in [4.69, 9.17) is 27.9 Å². The summed E-state index contributed by atoms with van der Waals surface area (Å²) in [6.07, 6.45) is 1.90. The molecular formula is C24H30Cl2N2O3S. The Morgan fingerprint density at radius 3 is 2.50 bits per heavy atom. The van der Waals surface area contributed by atoms with E-state index in [0.717, 1.165) is 29.7 Å². The Hall–Kier alpha value is -1.89. The summed E-state index contributed by atoms with van der Waals surface area (Å²) < 4.78 is 5.21. The monoisotopic (exact) mass is 496 g/mol. The van der Waals surface area contributed by atoms with Crippen molar-refractivity contribution in [1.29, 1.82) is 0 Å². The van der Waals surface area contributed by atoms with Crippen molar-refractivity contribution in [2.45, 2.75) is 45.0 Å². The predicted molar refractivity (Wildman–Crippen MR) is 134 cm³/mol. The van der Waals surface area contributed by atoms with Gasteiger partial charge >= 0.3 is 0 Å². The molecule has 0 aliphatic carbocycles. The lowest BCUT2D eigenvalue weighted by Gasteiger charge is -2.29. The van der Waals surface area contributed by atoms with Crippen LogP contribution in [0.5, 0.6) is 5.75 Å². The van der Waals surface area contributed by atoms with Crippen LogP contribution in [0.2, 0.25) is 10.0 Å². The van der Waals surface area contributed by atoms with Crippen molar-refractivity contribution >= 4 is 46.8 Å². The number of hydrogen-bond acceptors (Lipinski definition) is 4. The number of benzene rings is 2. The molecule has 0 saturated carbocycles. The average Bonchev–Trinajstić information content (AvgIpc) is 2.78. The fraction of sp³-hybridized carbons (Fsp3) is 0.417. The minimum Gasteiger partial charge on any atom is -0.497 e. The second kappa shape index (κ2) is 13.6. The van der Waals surface area contributed by atoms with Gasteiger partial charge in [-0.25, -0.2) is 0 Å². The van der Waals surface area contributed by atoms with Crippen molar-refractivity contribution in [2.75, 3.05) is 19.4 Å². The number of thioether (sulfide) groups is 1. The van der Waals surface area contributed by atoms with Crippen molar-refractivity contribution in [1.82, 2.24) is 10.2 Å². The van der Waals surface area contributed by atoms with E-state index in [1.807, 2.05) is 30.3 Å². The number of amides is 2. The highest BCUT2D eigenvalue weighted by atomic mass is 35.5. The van der Waals surface area contributed by atoms with E-state index >= 15 is 0 Å². The van der Waals surface area contributed by atoms with Gasteiger partial charge in [0, 0.05) is 28.9 Å². The minimum absolute atomic E-state index is 0.103. The van der Waals surface area contributed by atoms with Crippen molar-refractivity contribution in [3.05, 3.63) is 63.6 Å². The molecule has 0 aliphatic heterocycles. The minimum atomic E-state index is -0.582. The highest BCUT2D eigenvalue weighted by Crippen LogP contribution is 2.25. The first-order valence-electron chi connectivity index (χ1n) is 10.6. The van der Waals surface area contributed by atoms with Crippen LogP contribution in [0.25, 0.3) is 0 Å². The summed E-state index contributed by atoms with van der Waals surface area (Å²) in [6.45, 7) is 4.78. The van der Waals surface area contributed by atoms with E-state index in [1.165, 1.54) is 11.8 Å². The van der Waals surface area contributed by atoms with Gasteiger partial charge in [-0.15, -0.1) is 11.8 Å². The Balaban J connectivity index is 2.06. The third-order valence-corrected chi connectivity index (χ3v) is 6.56. The van der Waals surface area contributed by atoms with E-state index < -0.39 is 6.04 Å². The van der Waals surface area contributed by atoms with Crippen molar-refractivity contribution in [3.63, 3.8) is 0 Å². The summed E-state index contributed by atoms with van der Waals surface area (Å²) in [7, 11) is 1.61. The summed E-state index contributed by atoms with van der Waals surface area (Å²) in [5.41, 5.74) is 1.85. The molecular weight excluding hydrogens is 467 g/mol. The molecule has 0 spiro atoms. The Morgan fingerprint density at radius 2 is 1.88 bits per heavy atom. The fourth-order valence-electron chi connectivity index (χ4n) is 3.02. The zero-order valence-electron chi connectivity index (χ0n) is 18.7. The second-order valence-electron chi connectivity index (χ2n) is 7.42. The molecule has 0 saturated heterocycles. The van der Waals surface area contributed by atoms with Gasteiger partial charge in [-0.1, -0.05) is 54.7 Å². The maximum absolute atomic E-state index is 13.1. The van der Waals surface area contributed by atoms with Crippen LogP contribution in [0.4, 0.5) is 0 Å². The van der Waals surface area contributed by atoms with E-state index in [2.05, 4.69) is 12.2 Å². The molecule has 32 heavy (non-hydrogen) atoms. The van der Waals surface area contributed by atoms with E-state index in [-0.39, 0.29) is 17.6 Å². The molecule has 5 nitrogen and oxygen atoms in total. The maximum Gasteiger partial charge on any atom is 0.242 e. The third-order valence-electron chi connectivity index (χ3n) is 5.01. The standard InChI is InChI=1S/C24H30Cl2N2O3S/c1-4-5-12-27-24(30)17(2)28(14-18-6-10-21(31-3)11-7-18)23(29)16-32-15-19-8-9-20(25)13-22(19)26/h6-11,13,17H,4-5,12,14-16H2,1-3H3,(H,27,30). The maximum atomic E-state index is 13.1. The average molecular weight is 497 g/mol. The lowest BCUT2D eigenvalue weighted by Crippen LogP contribution is -2.48. The number of ether oxygens (including phenoxy) is 1. The fourth-order valence-corrected chi connectivity index (χ4v) is 4.48. The Bertz CT molecular complexity index is 893. The first-order valence-corrected chi connectivity index (χ1v) is 12.5. The predicted octanol–water partition coefficient (Wildman–Crippen LogP) is 5.57. The molecule has 1 atom stereocenters. The summed E-state index contributed by atoms with van der Waals surface area (Å²) in [6, 6.07) is 12.3. The lowest BCUT2D eigenvalue weighted by molar-refractivity contribution is -0.138. The number of rotatable bonds is 12. The van der Waals surface area contributed by atoms with Gasteiger partial charge in [0.25, 0.3) is 0 Å². The summed E-state index contributed by atoms with van der Waals surface area (Å²) in [4.78, 5) is 27.4. The van der Waals surface area contributed by atoms with Crippen LogP contribution in [0.1, 0.15) is 37.8 Å². The van der Waals surface area contributed by atoms with Crippen molar-refractivity contribution in [2.24, 2.45) is 0 Å². The molecule has 0 aliphatic rings. The summed E-state index contributed by atoms with van der Waals surface area (Å²) >= 11 is 13.6. The number of carbonyl (C=O) groups excluding carboxylic acids is 2. The molecule has 0 fully saturated rings. The van der Waals surface area contributed by atoms with Crippen LogP contribution in [0.3, 0.4) is 0 Å². The van der Waals surface area contributed by atoms with Gasteiger partial charge in [-0.05, 0) is 48.7 Å². The molecule has 2 amide bonds. The van der Waals surface area contributed by atoms with Gasteiger partial charge in [-0.2, -0.15) is 0 Å². The first kappa shape index (κ1) is 26.4. The number of hydrogen-bond donors (Lipinski definition) is 1. The number of halogens is 2. The Morgan fingerprint density at radius 1 is 1.16 bits per heavy atom. The van der Waals surface area contributed by atoms with Crippen LogP contribution in [-0.2, 0) is 21.9 Å². The van der Waals surface area contributed by atoms with E-state index in [1.54, 1.807) is 31.1 Å². The largest absolute Gasteiger partial charge is 0.497 e. The van der Waals surface area contributed by atoms with Gasteiger partial charge < -0.3 is 15.0 Å². The molecule has 2 rings (SSSR count). The molecule has 0 radical (unpaired) electrons. The van der Waals surface area contributed by atoms with E-state index in [9.17, 15) is 9.59 Å². The highest BCUT2D eigenvalue weighted by Gasteiger charge is 2.26. The number of unbranched alkanes of at least 4 members (excludes halogenated alkanes) is 1. The van der Waals surface area contributed by atoms with Crippen LogP contribution in [0.15, 0.2) is 42.5 Å². The van der Waals surface area contributed by atoms with Crippen LogP contribution in [-0.4, -0.2) is 42.2 Å². The summed E-state index contributed by atoms with van der Waals surface area (Å²) in [5.74, 6) is 1.31. The Kier molecular flexibility index (Phi) is 11.2. The zero-order chi connectivity index (χ0) is 23.5. The molecule has 174 valence electrons. The van der Waals surface area contributed by atoms with Gasteiger partial charge in [0.2, 0.25) is 11.8 Å². The number of methoxy groups -OCH3 is 1. The number of nitrogens with zero attached hydrogens (tertiary/aromatic N) is 1. The molecule has 0 aromatic heterocycles. The Labute approximate surface area is 204 Å².